The van der Waals surface area contributed by atoms with Gasteiger partial charge in [-0.2, -0.15) is 0 Å². The summed E-state index contributed by atoms with van der Waals surface area (Å²) < 4.78 is 1.88. The molecule has 0 saturated heterocycles. The summed E-state index contributed by atoms with van der Waals surface area (Å²) in [4.78, 5) is 24.8. The van der Waals surface area contributed by atoms with Gasteiger partial charge < -0.3 is 9.67 Å². The van der Waals surface area contributed by atoms with Gasteiger partial charge in [0, 0.05) is 11.8 Å². The predicted molar refractivity (Wildman–Crippen MR) is 86.9 cm³/mol. The van der Waals surface area contributed by atoms with E-state index in [0.29, 0.717) is 18.5 Å². The van der Waals surface area contributed by atoms with Crippen LogP contribution in [0.2, 0.25) is 0 Å². The minimum atomic E-state index is -0.685. The van der Waals surface area contributed by atoms with Gasteiger partial charge in [-0.15, -0.1) is 0 Å². The van der Waals surface area contributed by atoms with Crippen LogP contribution in [0.5, 0.6) is 0 Å². The number of ketones is 2. The predicted octanol–water partition coefficient (Wildman–Crippen LogP) is 3.48. The molecule has 1 fully saturated rings. The lowest BCUT2D eigenvalue weighted by Crippen LogP contribution is -2.52. The number of Topliss-reactive ketones (excluding diaryl/α,β-unsaturated/α-hetero) is 2. The quantitative estimate of drug-likeness (QED) is 0.864. The fourth-order valence-electron chi connectivity index (χ4n) is 3.76. The second-order valence-corrected chi connectivity index (χ2v) is 6.31. The topological polar surface area (TPSA) is 59.3 Å². The van der Waals surface area contributed by atoms with E-state index in [0.717, 1.165) is 17.5 Å². The van der Waals surface area contributed by atoms with E-state index < -0.39 is 5.54 Å². The molecule has 1 N–H and O–H groups in total. The van der Waals surface area contributed by atoms with E-state index in [9.17, 15) is 14.7 Å². The number of aliphatic hydroxyl groups excluding tert-OH is 1. The summed E-state index contributed by atoms with van der Waals surface area (Å²) in [6, 6.07) is 11.6. The maximum atomic E-state index is 12.8. The minimum absolute atomic E-state index is 0.0481. The summed E-state index contributed by atoms with van der Waals surface area (Å²) in [5.74, 6) is -0.800. The Hall–Kier alpha value is -2.62. The van der Waals surface area contributed by atoms with Gasteiger partial charge in [-0.05, 0) is 37.8 Å². The van der Waals surface area contributed by atoms with E-state index in [1.807, 2.05) is 47.2 Å². The molecule has 1 aliphatic heterocycles. The number of aromatic nitrogens is 1. The van der Waals surface area contributed by atoms with Crippen LogP contribution in [0.3, 0.4) is 0 Å². The third kappa shape index (κ3) is 1.72. The number of benzene rings is 1. The Labute approximate surface area is 134 Å². The van der Waals surface area contributed by atoms with E-state index in [-0.39, 0.29) is 22.9 Å². The van der Waals surface area contributed by atoms with Gasteiger partial charge in [-0.25, -0.2) is 0 Å². The molecule has 0 atom stereocenters. The molecule has 4 nitrogen and oxygen atoms in total. The van der Waals surface area contributed by atoms with Crippen LogP contribution in [0.15, 0.2) is 48.2 Å². The summed E-state index contributed by atoms with van der Waals surface area (Å²) in [6.07, 6.45) is 4.25. The maximum Gasteiger partial charge on any atom is 0.196 e. The number of carbonyl (C=O) groups is 2. The lowest BCUT2D eigenvalue weighted by molar-refractivity contribution is -0.130. The molecule has 23 heavy (non-hydrogen) atoms. The van der Waals surface area contributed by atoms with Crippen molar-refractivity contribution >= 4 is 17.3 Å². The highest BCUT2D eigenvalue weighted by Gasteiger charge is 2.52. The monoisotopic (exact) mass is 307 g/mol. The number of allylic oxidation sites excluding steroid dienone is 1. The number of nitrogens with zero attached hydrogens (tertiary/aromatic N) is 1. The molecule has 0 unspecified atom stereocenters. The third-order valence-corrected chi connectivity index (χ3v) is 5.08. The van der Waals surface area contributed by atoms with Crippen LogP contribution in [0, 0.1) is 0 Å². The van der Waals surface area contributed by atoms with Gasteiger partial charge in [0.2, 0.25) is 0 Å². The fraction of sp³-hybridized carbons (Fsp3) is 0.263. The van der Waals surface area contributed by atoms with E-state index in [1.54, 1.807) is 0 Å². The van der Waals surface area contributed by atoms with Crippen LogP contribution in [0.4, 0.5) is 0 Å². The Morgan fingerprint density at radius 3 is 2.43 bits per heavy atom. The number of hydrogen-bond donors (Lipinski definition) is 1. The van der Waals surface area contributed by atoms with E-state index in [2.05, 4.69) is 0 Å². The van der Waals surface area contributed by atoms with E-state index in [4.69, 9.17) is 0 Å². The van der Waals surface area contributed by atoms with Crippen LogP contribution in [-0.2, 0) is 15.1 Å². The van der Waals surface area contributed by atoms with Crippen molar-refractivity contribution < 1.29 is 14.7 Å². The van der Waals surface area contributed by atoms with Crippen LogP contribution < -0.4 is 0 Å². The Kier molecular flexibility index (Phi) is 2.85. The molecular weight excluding hydrogens is 290 g/mol. The van der Waals surface area contributed by atoms with Crippen molar-refractivity contribution in [2.45, 2.75) is 31.7 Å². The van der Waals surface area contributed by atoms with Crippen molar-refractivity contribution in [3.8, 4) is 11.1 Å². The van der Waals surface area contributed by atoms with E-state index in [1.165, 1.54) is 6.92 Å². The molecule has 0 radical (unpaired) electrons. The zero-order valence-electron chi connectivity index (χ0n) is 12.9. The van der Waals surface area contributed by atoms with Gasteiger partial charge in [-0.3, -0.25) is 9.59 Å². The lowest BCUT2D eigenvalue weighted by atomic mass is 9.69. The lowest BCUT2D eigenvalue weighted by Gasteiger charge is -2.45. The Balaban J connectivity index is 2.02. The largest absolute Gasteiger partial charge is 0.505 e. The van der Waals surface area contributed by atoms with Crippen molar-refractivity contribution in [2.75, 3.05) is 0 Å². The first kappa shape index (κ1) is 14.0. The smallest absolute Gasteiger partial charge is 0.196 e. The summed E-state index contributed by atoms with van der Waals surface area (Å²) in [5, 5.41) is 10.7. The fourth-order valence-corrected chi connectivity index (χ4v) is 3.76. The molecule has 2 aliphatic rings. The first-order valence-electron chi connectivity index (χ1n) is 7.83. The molecule has 0 bridgehead atoms. The minimum Gasteiger partial charge on any atom is -0.505 e. The zero-order valence-corrected chi connectivity index (χ0v) is 12.9. The second-order valence-electron chi connectivity index (χ2n) is 6.31. The van der Waals surface area contributed by atoms with Crippen molar-refractivity contribution in [3.63, 3.8) is 0 Å². The average Bonchev–Trinajstić information content (AvgIpc) is 2.92. The Bertz CT molecular complexity index is 854. The Morgan fingerprint density at radius 1 is 1.17 bits per heavy atom. The summed E-state index contributed by atoms with van der Waals surface area (Å²) >= 11 is 0. The summed E-state index contributed by atoms with van der Waals surface area (Å²) in [6.45, 7) is 1.34. The van der Waals surface area contributed by atoms with Gasteiger partial charge in [0.1, 0.15) is 11.1 Å². The van der Waals surface area contributed by atoms with Gasteiger partial charge in [-0.1, -0.05) is 30.3 Å². The van der Waals surface area contributed by atoms with Gasteiger partial charge in [0.25, 0.3) is 0 Å². The highest BCUT2D eigenvalue weighted by atomic mass is 16.3. The van der Waals surface area contributed by atoms with Crippen molar-refractivity contribution in [2.24, 2.45) is 0 Å². The number of hydrogen-bond acceptors (Lipinski definition) is 3. The maximum absolute atomic E-state index is 12.8. The normalized spacial score (nSPS) is 18.7. The van der Waals surface area contributed by atoms with Gasteiger partial charge in [0.05, 0.1) is 5.69 Å². The van der Waals surface area contributed by atoms with Crippen LogP contribution in [0.25, 0.3) is 16.9 Å². The van der Waals surface area contributed by atoms with Gasteiger partial charge in [0.15, 0.2) is 17.3 Å². The van der Waals surface area contributed by atoms with Crippen LogP contribution in [-0.4, -0.2) is 21.2 Å². The molecule has 116 valence electrons. The molecule has 1 aromatic heterocycles. The highest BCUT2D eigenvalue weighted by molar-refractivity contribution is 6.27. The number of rotatable bonds is 2. The Morgan fingerprint density at radius 2 is 1.87 bits per heavy atom. The molecule has 2 aromatic rings. The molecule has 4 rings (SSSR count). The van der Waals surface area contributed by atoms with Crippen molar-refractivity contribution in [3.05, 3.63) is 53.9 Å². The first-order chi connectivity index (χ1) is 11.1. The van der Waals surface area contributed by atoms with Gasteiger partial charge >= 0.3 is 0 Å². The number of carbonyl (C=O) groups excluding carboxylic acids is 2. The highest BCUT2D eigenvalue weighted by Crippen LogP contribution is 2.49. The SMILES string of the molecule is CC(=O)C1=C(O)c2c(-c3ccccc3)ccn2C2(CCC2)C1=O. The van der Waals surface area contributed by atoms with Crippen molar-refractivity contribution in [1.82, 2.24) is 4.57 Å². The molecule has 0 amide bonds. The van der Waals surface area contributed by atoms with Crippen LogP contribution in [0.1, 0.15) is 31.9 Å². The molecule has 4 heteroatoms. The number of aliphatic hydroxyl groups is 1. The molecule has 2 heterocycles. The second kappa shape index (κ2) is 4.69. The molecule has 1 aliphatic carbocycles. The van der Waals surface area contributed by atoms with Crippen molar-refractivity contribution in [1.29, 1.82) is 0 Å². The summed E-state index contributed by atoms with van der Waals surface area (Å²) in [7, 11) is 0. The molecular formula is C19H17NO3. The van der Waals surface area contributed by atoms with E-state index >= 15 is 0 Å². The standard InChI is InChI=1S/C19H17NO3/c1-12(21)15-17(22)16-14(13-6-3-2-4-7-13)8-11-20(16)19(18(15)23)9-5-10-19/h2-4,6-8,11,22H,5,9-10H2,1H3. The average molecular weight is 307 g/mol. The zero-order chi connectivity index (χ0) is 16.2. The molecule has 1 saturated carbocycles. The summed E-state index contributed by atoms with van der Waals surface area (Å²) in [5.41, 5.74) is 1.66. The molecule has 1 aromatic carbocycles. The first-order valence-corrected chi connectivity index (χ1v) is 7.83. The van der Waals surface area contributed by atoms with Crippen LogP contribution >= 0.6 is 0 Å². The molecule has 1 spiro atoms. The third-order valence-electron chi connectivity index (χ3n) is 5.08. The number of fused-ring (bicyclic) bond motifs is 2.